The zero-order valence-corrected chi connectivity index (χ0v) is 11.0. The number of benzene rings is 1. The number of rotatable bonds is 2. The summed E-state index contributed by atoms with van der Waals surface area (Å²) in [5, 5.41) is 0. The molecule has 0 aliphatic rings. The predicted octanol–water partition coefficient (Wildman–Crippen LogP) is 2.68. The van der Waals surface area contributed by atoms with Gasteiger partial charge < -0.3 is 0 Å². The molecule has 0 bridgehead atoms. The Morgan fingerprint density at radius 1 is 1.24 bits per heavy atom. The zero-order valence-electron chi connectivity index (χ0n) is 9.38. The second kappa shape index (κ2) is 4.23. The van der Waals surface area contributed by atoms with E-state index >= 15 is 0 Å². The average Bonchev–Trinajstić information content (AvgIpc) is 2.26. The minimum Gasteiger partial charge on any atom is -0.253 e. The van der Waals surface area contributed by atoms with Crippen LogP contribution >= 0.6 is 10.7 Å². The van der Waals surface area contributed by atoms with Crippen molar-refractivity contribution in [3.05, 3.63) is 30.1 Å². The van der Waals surface area contributed by atoms with E-state index in [2.05, 4.69) is 9.97 Å². The lowest BCUT2D eigenvalue weighted by Gasteiger charge is -2.05. The van der Waals surface area contributed by atoms with E-state index in [1.807, 2.05) is 13.8 Å². The molecule has 1 aromatic carbocycles. The van der Waals surface area contributed by atoms with Crippen LogP contribution in [0.15, 0.2) is 29.3 Å². The normalized spacial score (nSPS) is 12.2. The Kier molecular flexibility index (Phi) is 3.05. The van der Waals surface area contributed by atoms with Crippen molar-refractivity contribution in [1.29, 1.82) is 0 Å². The van der Waals surface area contributed by atoms with E-state index in [4.69, 9.17) is 10.7 Å². The summed E-state index contributed by atoms with van der Waals surface area (Å²) in [5.41, 5.74) is 2.01. The first-order chi connectivity index (χ1) is 7.88. The maximum Gasteiger partial charge on any atom is 0.261 e. The van der Waals surface area contributed by atoms with Gasteiger partial charge in [-0.15, -0.1) is 0 Å². The topological polar surface area (TPSA) is 59.9 Å². The summed E-state index contributed by atoms with van der Waals surface area (Å²) in [7, 11) is 1.56. The maximum atomic E-state index is 11.2. The summed E-state index contributed by atoms with van der Waals surface area (Å²) in [6, 6.07) is 4.46. The third kappa shape index (κ3) is 2.56. The van der Waals surface area contributed by atoms with Crippen LogP contribution in [0.5, 0.6) is 0 Å². The van der Waals surface area contributed by atoms with Gasteiger partial charge >= 0.3 is 0 Å². The number of fused-ring (bicyclic) bond motifs is 1. The lowest BCUT2D eigenvalue weighted by molar-refractivity contribution is 0.609. The minimum absolute atomic E-state index is 0.0434. The third-order valence-electron chi connectivity index (χ3n) is 2.41. The summed E-state index contributed by atoms with van der Waals surface area (Å²) in [4.78, 5) is 8.63. The smallest absolute Gasteiger partial charge is 0.253 e. The molecular formula is C11H11ClN2O2S. The SMILES string of the molecule is CC(C)c1cnc2ccc(S(=O)(=O)Cl)cc2n1. The molecule has 0 spiro atoms. The molecule has 2 aromatic rings. The van der Waals surface area contributed by atoms with Crippen molar-refractivity contribution in [2.24, 2.45) is 0 Å². The van der Waals surface area contributed by atoms with Crippen molar-refractivity contribution in [2.45, 2.75) is 24.7 Å². The molecule has 6 heteroatoms. The molecule has 0 saturated heterocycles. The van der Waals surface area contributed by atoms with Crippen molar-refractivity contribution in [3.8, 4) is 0 Å². The van der Waals surface area contributed by atoms with Crippen LogP contribution in [-0.2, 0) is 9.05 Å². The molecule has 0 aliphatic heterocycles. The lowest BCUT2D eigenvalue weighted by Crippen LogP contribution is -1.97. The first-order valence-electron chi connectivity index (χ1n) is 5.09. The van der Waals surface area contributed by atoms with Crippen LogP contribution in [0.3, 0.4) is 0 Å². The number of hydrogen-bond donors (Lipinski definition) is 0. The largest absolute Gasteiger partial charge is 0.261 e. The summed E-state index contributed by atoms with van der Waals surface area (Å²) in [5.74, 6) is 0.239. The fourth-order valence-corrected chi connectivity index (χ4v) is 2.21. The van der Waals surface area contributed by atoms with Gasteiger partial charge in [0, 0.05) is 16.9 Å². The highest BCUT2D eigenvalue weighted by atomic mass is 35.7. The fourth-order valence-electron chi connectivity index (χ4n) is 1.44. The second-order valence-electron chi connectivity index (χ2n) is 4.04. The van der Waals surface area contributed by atoms with Crippen molar-refractivity contribution < 1.29 is 8.42 Å². The fraction of sp³-hybridized carbons (Fsp3) is 0.273. The van der Waals surface area contributed by atoms with Crippen molar-refractivity contribution in [2.75, 3.05) is 0 Å². The minimum atomic E-state index is -3.72. The first kappa shape index (κ1) is 12.3. The van der Waals surface area contributed by atoms with E-state index in [-0.39, 0.29) is 10.8 Å². The number of hydrogen-bond acceptors (Lipinski definition) is 4. The zero-order chi connectivity index (χ0) is 12.6. The van der Waals surface area contributed by atoms with E-state index in [1.165, 1.54) is 12.1 Å². The molecule has 90 valence electrons. The van der Waals surface area contributed by atoms with Crippen LogP contribution in [0.25, 0.3) is 11.0 Å². The van der Waals surface area contributed by atoms with E-state index in [1.54, 1.807) is 12.3 Å². The van der Waals surface area contributed by atoms with Crippen molar-refractivity contribution in [1.82, 2.24) is 9.97 Å². The summed E-state index contributed by atoms with van der Waals surface area (Å²) in [6.45, 7) is 4.00. The van der Waals surface area contributed by atoms with E-state index in [0.29, 0.717) is 11.0 Å². The Hall–Kier alpha value is -1.20. The Labute approximate surface area is 104 Å². The van der Waals surface area contributed by atoms with E-state index < -0.39 is 9.05 Å². The Balaban J connectivity index is 2.67. The summed E-state index contributed by atoms with van der Waals surface area (Å²) >= 11 is 0. The van der Waals surface area contributed by atoms with Gasteiger partial charge in [0.15, 0.2) is 0 Å². The van der Waals surface area contributed by atoms with Crippen LogP contribution in [0.1, 0.15) is 25.5 Å². The molecule has 1 aromatic heterocycles. The van der Waals surface area contributed by atoms with Gasteiger partial charge in [-0.1, -0.05) is 13.8 Å². The quantitative estimate of drug-likeness (QED) is 0.787. The predicted molar refractivity (Wildman–Crippen MR) is 66.7 cm³/mol. The van der Waals surface area contributed by atoms with Gasteiger partial charge in [-0.2, -0.15) is 0 Å². The van der Waals surface area contributed by atoms with Gasteiger partial charge in [0.05, 0.1) is 21.6 Å². The van der Waals surface area contributed by atoms with Crippen LogP contribution in [0.2, 0.25) is 0 Å². The number of halogens is 1. The van der Waals surface area contributed by atoms with Crippen LogP contribution in [0.4, 0.5) is 0 Å². The van der Waals surface area contributed by atoms with Gasteiger partial charge in [-0.05, 0) is 24.1 Å². The van der Waals surface area contributed by atoms with Crippen LogP contribution in [0, 0.1) is 0 Å². The summed E-state index contributed by atoms with van der Waals surface area (Å²) < 4.78 is 22.4. The maximum absolute atomic E-state index is 11.2. The molecule has 4 nitrogen and oxygen atoms in total. The van der Waals surface area contributed by atoms with E-state index in [0.717, 1.165) is 5.69 Å². The van der Waals surface area contributed by atoms with Crippen molar-refractivity contribution in [3.63, 3.8) is 0 Å². The van der Waals surface area contributed by atoms with Gasteiger partial charge in [0.1, 0.15) is 0 Å². The molecule has 17 heavy (non-hydrogen) atoms. The number of aromatic nitrogens is 2. The third-order valence-corrected chi connectivity index (χ3v) is 3.76. The van der Waals surface area contributed by atoms with Crippen LogP contribution < -0.4 is 0 Å². The van der Waals surface area contributed by atoms with Gasteiger partial charge in [-0.25, -0.2) is 13.4 Å². The Morgan fingerprint density at radius 3 is 2.53 bits per heavy atom. The second-order valence-corrected chi connectivity index (χ2v) is 6.60. The average molecular weight is 271 g/mol. The molecule has 0 radical (unpaired) electrons. The summed E-state index contributed by atoms with van der Waals surface area (Å²) in [6.07, 6.45) is 1.70. The van der Waals surface area contributed by atoms with E-state index in [9.17, 15) is 8.42 Å². The lowest BCUT2D eigenvalue weighted by atomic mass is 10.1. The molecule has 0 atom stereocenters. The standard InChI is InChI=1S/C11H11ClN2O2S/c1-7(2)11-6-13-9-4-3-8(17(12,15)16)5-10(9)14-11/h3-7H,1-2H3. The molecule has 1 heterocycles. The Morgan fingerprint density at radius 2 is 1.94 bits per heavy atom. The Bertz CT molecular complexity index is 668. The molecular weight excluding hydrogens is 260 g/mol. The highest BCUT2D eigenvalue weighted by Gasteiger charge is 2.12. The van der Waals surface area contributed by atoms with Crippen LogP contribution in [-0.4, -0.2) is 18.4 Å². The molecule has 2 rings (SSSR count). The molecule has 0 N–H and O–H groups in total. The molecule has 0 aliphatic carbocycles. The van der Waals surface area contributed by atoms with Crippen molar-refractivity contribution >= 4 is 30.8 Å². The highest BCUT2D eigenvalue weighted by molar-refractivity contribution is 8.13. The molecule has 0 unspecified atom stereocenters. The van der Waals surface area contributed by atoms with Gasteiger partial charge in [0.25, 0.3) is 9.05 Å². The first-order valence-corrected chi connectivity index (χ1v) is 7.40. The monoisotopic (exact) mass is 270 g/mol. The molecule has 0 saturated carbocycles. The molecule has 0 fully saturated rings. The molecule has 0 amide bonds. The highest BCUT2D eigenvalue weighted by Crippen LogP contribution is 2.21. The number of nitrogens with zero attached hydrogens (tertiary/aromatic N) is 2. The van der Waals surface area contributed by atoms with Gasteiger partial charge in [-0.3, -0.25) is 4.98 Å². The van der Waals surface area contributed by atoms with Gasteiger partial charge in [0.2, 0.25) is 0 Å².